The van der Waals surface area contributed by atoms with Crippen molar-refractivity contribution in [2.24, 2.45) is 5.92 Å². The summed E-state index contributed by atoms with van der Waals surface area (Å²) in [5, 5.41) is 0. The van der Waals surface area contributed by atoms with E-state index in [1.165, 1.54) is 0 Å². The van der Waals surface area contributed by atoms with Crippen LogP contribution in [0.5, 0.6) is 0 Å². The van der Waals surface area contributed by atoms with Gasteiger partial charge in [0.2, 0.25) is 0 Å². The maximum absolute atomic E-state index is 13.1. The Hall–Kier alpha value is -3.47. The number of likely N-dealkylation sites (tertiary alicyclic amines) is 1. The van der Waals surface area contributed by atoms with Crippen LogP contribution in [0.3, 0.4) is 0 Å². The van der Waals surface area contributed by atoms with Gasteiger partial charge in [-0.15, -0.1) is 0 Å². The fraction of sp³-hybridized carbons (Fsp3) is 0.269. The van der Waals surface area contributed by atoms with Crippen LogP contribution in [0.15, 0.2) is 73.1 Å². The number of esters is 1. The Morgan fingerprint density at radius 1 is 0.968 bits per heavy atom. The molecule has 0 saturated carbocycles. The summed E-state index contributed by atoms with van der Waals surface area (Å²) < 4.78 is 5.14. The van der Waals surface area contributed by atoms with Gasteiger partial charge in [0.05, 0.1) is 18.1 Å². The summed E-state index contributed by atoms with van der Waals surface area (Å²) in [6, 6.07) is 20.3. The minimum Gasteiger partial charge on any atom is -0.466 e. The lowest BCUT2D eigenvalue weighted by Gasteiger charge is -2.31. The molecule has 1 atom stereocenters. The number of hydrogen-bond donors (Lipinski definition) is 0. The first-order valence-electron chi connectivity index (χ1n) is 10.7. The van der Waals surface area contributed by atoms with E-state index in [0.717, 1.165) is 35.1 Å². The molecular weight excluding hydrogens is 388 g/mol. The first-order chi connectivity index (χ1) is 15.2. The quantitative estimate of drug-likeness (QED) is 0.561. The minimum absolute atomic E-state index is 0.0933. The van der Waals surface area contributed by atoms with Gasteiger partial charge in [-0.3, -0.25) is 14.6 Å². The maximum Gasteiger partial charge on any atom is 0.310 e. The fourth-order valence-corrected chi connectivity index (χ4v) is 4.00. The van der Waals surface area contributed by atoms with E-state index < -0.39 is 0 Å². The smallest absolute Gasteiger partial charge is 0.310 e. The van der Waals surface area contributed by atoms with E-state index in [2.05, 4.69) is 29.2 Å². The van der Waals surface area contributed by atoms with E-state index in [4.69, 9.17) is 4.74 Å². The van der Waals surface area contributed by atoms with Crippen molar-refractivity contribution in [3.8, 4) is 22.3 Å². The van der Waals surface area contributed by atoms with Gasteiger partial charge in [-0.05, 0) is 42.5 Å². The van der Waals surface area contributed by atoms with Crippen molar-refractivity contribution in [1.29, 1.82) is 0 Å². The van der Waals surface area contributed by atoms with E-state index in [1.807, 2.05) is 36.4 Å². The van der Waals surface area contributed by atoms with Crippen LogP contribution in [0.1, 0.15) is 30.1 Å². The van der Waals surface area contributed by atoms with Crippen LogP contribution in [0.4, 0.5) is 0 Å². The Bertz CT molecular complexity index is 1050. The van der Waals surface area contributed by atoms with Crippen molar-refractivity contribution in [2.75, 3.05) is 19.7 Å². The molecule has 5 heteroatoms. The van der Waals surface area contributed by atoms with E-state index in [1.54, 1.807) is 24.2 Å². The van der Waals surface area contributed by atoms with Crippen molar-refractivity contribution in [3.63, 3.8) is 0 Å². The molecule has 5 nitrogen and oxygen atoms in total. The predicted octanol–water partition coefficient (Wildman–Crippen LogP) is 4.83. The molecule has 1 aliphatic heterocycles. The van der Waals surface area contributed by atoms with Gasteiger partial charge in [-0.1, -0.05) is 54.6 Å². The summed E-state index contributed by atoms with van der Waals surface area (Å²) >= 11 is 0. The van der Waals surface area contributed by atoms with Crippen LogP contribution in [-0.4, -0.2) is 41.5 Å². The molecule has 2 heterocycles. The lowest BCUT2D eigenvalue weighted by molar-refractivity contribution is -0.149. The lowest BCUT2D eigenvalue weighted by Crippen LogP contribution is -2.42. The molecule has 0 aliphatic carbocycles. The molecule has 3 aromatic rings. The van der Waals surface area contributed by atoms with Gasteiger partial charge in [-0.2, -0.15) is 0 Å². The third-order valence-corrected chi connectivity index (χ3v) is 5.64. The fourth-order valence-electron chi connectivity index (χ4n) is 4.00. The second kappa shape index (κ2) is 9.56. The average Bonchev–Trinajstić information content (AvgIpc) is 2.84. The Morgan fingerprint density at radius 3 is 2.35 bits per heavy atom. The first-order valence-corrected chi connectivity index (χ1v) is 10.7. The number of pyridine rings is 1. The van der Waals surface area contributed by atoms with E-state index in [9.17, 15) is 9.59 Å². The van der Waals surface area contributed by atoms with Gasteiger partial charge < -0.3 is 9.64 Å². The molecule has 4 rings (SSSR count). The van der Waals surface area contributed by atoms with Crippen molar-refractivity contribution in [1.82, 2.24) is 9.88 Å². The number of ether oxygens (including phenoxy) is 1. The molecule has 1 aromatic heterocycles. The molecule has 0 spiro atoms. The van der Waals surface area contributed by atoms with Crippen LogP contribution in [0, 0.1) is 5.92 Å². The summed E-state index contributed by atoms with van der Waals surface area (Å²) in [4.78, 5) is 31.2. The van der Waals surface area contributed by atoms with Gasteiger partial charge in [0.25, 0.3) is 5.91 Å². The molecule has 1 fully saturated rings. The highest BCUT2D eigenvalue weighted by Gasteiger charge is 2.30. The molecule has 31 heavy (non-hydrogen) atoms. The van der Waals surface area contributed by atoms with Crippen LogP contribution in [0.25, 0.3) is 22.3 Å². The topological polar surface area (TPSA) is 59.5 Å². The normalized spacial score (nSPS) is 16.0. The third kappa shape index (κ3) is 4.82. The Labute approximate surface area is 182 Å². The number of carbonyl (C=O) groups excluding carboxylic acids is 2. The summed E-state index contributed by atoms with van der Waals surface area (Å²) in [7, 11) is 0. The van der Waals surface area contributed by atoms with Gasteiger partial charge in [0.15, 0.2) is 0 Å². The first kappa shape index (κ1) is 20.8. The van der Waals surface area contributed by atoms with Crippen LogP contribution in [0.2, 0.25) is 0 Å². The second-order valence-corrected chi connectivity index (χ2v) is 7.75. The third-order valence-electron chi connectivity index (χ3n) is 5.64. The van der Waals surface area contributed by atoms with Crippen LogP contribution >= 0.6 is 0 Å². The molecule has 2 aromatic carbocycles. The highest BCUT2D eigenvalue weighted by Crippen LogP contribution is 2.26. The number of carbonyl (C=O) groups is 2. The number of amides is 1. The second-order valence-electron chi connectivity index (χ2n) is 7.75. The molecule has 1 amide bonds. The van der Waals surface area contributed by atoms with Crippen molar-refractivity contribution < 1.29 is 14.3 Å². The molecule has 1 aliphatic rings. The summed E-state index contributed by atoms with van der Waals surface area (Å²) in [6.07, 6.45) is 4.92. The molecule has 158 valence electrons. The van der Waals surface area contributed by atoms with Crippen molar-refractivity contribution in [2.45, 2.75) is 19.8 Å². The Balaban J connectivity index is 1.50. The average molecular weight is 415 g/mol. The standard InChI is InChI=1S/C26H26N2O3/c1-2-31-26(30)22-9-6-14-28(18-22)25(29)24-15-23(16-27-17-24)21-12-10-20(11-13-21)19-7-4-3-5-8-19/h3-5,7-8,10-13,15-17,22H,2,6,9,14,18H2,1H3. The molecule has 0 N–H and O–H groups in total. The molecular formula is C26H26N2O3. The van der Waals surface area contributed by atoms with Gasteiger partial charge >= 0.3 is 5.97 Å². The van der Waals surface area contributed by atoms with Crippen LogP contribution in [-0.2, 0) is 9.53 Å². The molecule has 0 radical (unpaired) electrons. The summed E-state index contributed by atoms with van der Waals surface area (Å²) in [5.74, 6) is -0.561. The molecule has 1 saturated heterocycles. The zero-order valence-corrected chi connectivity index (χ0v) is 17.7. The highest BCUT2D eigenvalue weighted by atomic mass is 16.5. The number of piperidine rings is 1. The Kier molecular flexibility index (Phi) is 6.41. The highest BCUT2D eigenvalue weighted by molar-refractivity contribution is 5.95. The SMILES string of the molecule is CCOC(=O)C1CCCN(C(=O)c2cncc(-c3ccc(-c4ccccc4)cc3)c2)C1. The van der Waals surface area contributed by atoms with E-state index in [0.29, 0.717) is 25.3 Å². The number of aromatic nitrogens is 1. The summed E-state index contributed by atoms with van der Waals surface area (Å²) in [6.45, 7) is 3.20. The van der Waals surface area contributed by atoms with Gasteiger partial charge in [-0.25, -0.2) is 0 Å². The molecule has 0 bridgehead atoms. The lowest BCUT2D eigenvalue weighted by atomic mass is 9.97. The zero-order chi connectivity index (χ0) is 21.6. The van der Waals surface area contributed by atoms with Crippen LogP contribution < -0.4 is 0 Å². The van der Waals surface area contributed by atoms with Gasteiger partial charge in [0, 0.05) is 31.0 Å². The number of benzene rings is 2. The number of rotatable bonds is 5. The van der Waals surface area contributed by atoms with Crippen molar-refractivity contribution in [3.05, 3.63) is 78.6 Å². The monoisotopic (exact) mass is 414 g/mol. The number of nitrogens with zero attached hydrogens (tertiary/aromatic N) is 2. The Morgan fingerprint density at radius 2 is 1.65 bits per heavy atom. The van der Waals surface area contributed by atoms with Crippen molar-refractivity contribution >= 4 is 11.9 Å². The predicted molar refractivity (Wildman–Crippen MR) is 120 cm³/mol. The van der Waals surface area contributed by atoms with E-state index in [-0.39, 0.29) is 17.8 Å². The van der Waals surface area contributed by atoms with E-state index >= 15 is 0 Å². The molecule has 1 unspecified atom stereocenters. The largest absolute Gasteiger partial charge is 0.466 e. The minimum atomic E-state index is -0.251. The van der Waals surface area contributed by atoms with Gasteiger partial charge in [0.1, 0.15) is 0 Å². The number of hydrogen-bond acceptors (Lipinski definition) is 4. The summed E-state index contributed by atoms with van der Waals surface area (Å²) in [5.41, 5.74) is 4.74. The zero-order valence-electron chi connectivity index (χ0n) is 17.7. The maximum atomic E-state index is 13.1.